The second kappa shape index (κ2) is 3.40. The molecule has 16 heavy (non-hydrogen) atoms. The highest BCUT2D eigenvalue weighted by Gasteiger charge is 2.31. The van der Waals surface area contributed by atoms with Crippen LogP contribution in [0.5, 0.6) is 0 Å². The van der Waals surface area contributed by atoms with Gasteiger partial charge >= 0.3 is 0 Å². The van der Waals surface area contributed by atoms with Gasteiger partial charge in [-0.3, -0.25) is 4.98 Å². The number of rotatable bonds is 3. The fourth-order valence-corrected chi connectivity index (χ4v) is 2.06. The Labute approximate surface area is 93.1 Å². The van der Waals surface area contributed by atoms with Gasteiger partial charge in [0.05, 0.1) is 12.4 Å². The van der Waals surface area contributed by atoms with Crippen LogP contribution in [0.4, 0.5) is 5.82 Å². The van der Waals surface area contributed by atoms with E-state index < -0.39 is 0 Å². The van der Waals surface area contributed by atoms with Crippen molar-refractivity contribution in [3.05, 3.63) is 12.4 Å². The fraction of sp³-hybridized carbons (Fsp3) is 0.600. The predicted octanol–water partition coefficient (Wildman–Crippen LogP) is 1.12. The molecule has 0 amide bonds. The van der Waals surface area contributed by atoms with Gasteiger partial charge in [-0.15, -0.1) is 5.10 Å². The number of aromatic nitrogens is 5. The minimum Gasteiger partial charge on any atom is -0.368 e. The molecule has 0 spiro atoms. The Kier molecular flexibility index (Phi) is 2.02. The first-order valence-corrected chi connectivity index (χ1v) is 5.53. The summed E-state index contributed by atoms with van der Waals surface area (Å²) in [7, 11) is 0. The number of hydrogen-bond donors (Lipinski definition) is 1. The molecule has 2 aromatic heterocycles. The van der Waals surface area contributed by atoms with E-state index in [0.29, 0.717) is 11.1 Å². The monoisotopic (exact) mass is 218 g/mol. The van der Waals surface area contributed by atoms with Gasteiger partial charge in [-0.05, 0) is 28.7 Å². The zero-order chi connectivity index (χ0) is 11.0. The molecule has 1 aliphatic rings. The van der Waals surface area contributed by atoms with Gasteiger partial charge < -0.3 is 5.32 Å². The van der Waals surface area contributed by atoms with Crippen molar-refractivity contribution in [2.45, 2.75) is 26.2 Å². The van der Waals surface area contributed by atoms with Crippen molar-refractivity contribution in [2.24, 2.45) is 5.41 Å². The summed E-state index contributed by atoms with van der Waals surface area (Å²) in [5, 5.41) is 14.8. The van der Waals surface area contributed by atoms with Crippen LogP contribution in [-0.4, -0.2) is 31.6 Å². The zero-order valence-electron chi connectivity index (χ0n) is 9.22. The van der Waals surface area contributed by atoms with Gasteiger partial charge in [0.1, 0.15) is 5.82 Å². The fourth-order valence-electron chi connectivity index (χ4n) is 2.06. The van der Waals surface area contributed by atoms with Crippen molar-refractivity contribution in [1.29, 1.82) is 0 Å². The van der Waals surface area contributed by atoms with Crippen molar-refractivity contribution in [3.63, 3.8) is 0 Å². The van der Waals surface area contributed by atoms with Crippen molar-refractivity contribution in [1.82, 2.24) is 25.0 Å². The number of nitrogens with zero attached hydrogens (tertiary/aromatic N) is 5. The largest absolute Gasteiger partial charge is 0.368 e. The van der Waals surface area contributed by atoms with Crippen LogP contribution < -0.4 is 5.32 Å². The van der Waals surface area contributed by atoms with Crippen molar-refractivity contribution in [2.75, 3.05) is 11.9 Å². The smallest absolute Gasteiger partial charge is 0.199 e. The molecule has 0 aromatic carbocycles. The molecule has 0 unspecified atom stereocenters. The van der Waals surface area contributed by atoms with Crippen LogP contribution in [0.3, 0.4) is 0 Å². The number of hydrogen-bond acceptors (Lipinski definition) is 5. The topological polar surface area (TPSA) is 68.0 Å². The maximum Gasteiger partial charge on any atom is 0.199 e. The predicted molar refractivity (Wildman–Crippen MR) is 59.0 cm³/mol. The van der Waals surface area contributed by atoms with Crippen molar-refractivity contribution < 1.29 is 0 Å². The van der Waals surface area contributed by atoms with Gasteiger partial charge in [-0.2, -0.15) is 4.52 Å². The van der Waals surface area contributed by atoms with E-state index in [4.69, 9.17) is 0 Å². The third-order valence-electron chi connectivity index (χ3n) is 3.37. The zero-order valence-corrected chi connectivity index (χ0v) is 9.22. The molecule has 1 saturated carbocycles. The van der Waals surface area contributed by atoms with Gasteiger partial charge in [0.15, 0.2) is 5.65 Å². The van der Waals surface area contributed by atoms with E-state index in [9.17, 15) is 0 Å². The highest BCUT2D eigenvalue weighted by Crippen LogP contribution is 2.40. The lowest BCUT2D eigenvalue weighted by atomic mass is 9.70. The van der Waals surface area contributed by atoms with Gasteiger partial charge in [0, 0.05) is 6.54 Å². The van der Waals surface area contributed by atoms with Crippen LogP contribution in [0.2, 0.25) is 0 Å². The Bertz CT molecular complexity index is 501. The van der Waals surface area contributed by atoms with E-state index in [2.05, 4.69) is 32.7 Å². The van der Waals surface area contributed by atoms with E-state index in [-0.39, 0.29) is 0 Å². The van der Waals surface area contributed by atoms with Crippen LogP contribution in [0.15, 0.2) is 12.4 Å². The average Bonchev–Trinajstić information content (AvgIpc) is 2.72. The Morgan fingerprint density at radius 2 is 2.31 bits per heavy atom. The molecule has 1 fully saturated rings. The number of nitrogens with one attached hydrogen (secondary N) is 1. The highest BCUT2D eigenvalue weighted by molar-refractivity contribution is 5.43. The molecule has 2 aromatic rings. The van der Waals surface area contributed by atoms with Crippen LogP contribution >= 0.6 is 0 Å². The van der Waals surface area contributed by atoms with Gasteiger partial charge in [-0.25, -0.2) is 0 Å². The van der Waals surface area contributed by atoms with Crippen molar-refractivity contribution >= 4 is 11.5 Å². The van der Waals surface area contributed by atoms with E-state index in [1.54, 1.807) is 16.9 Å². The standard InChI is InChI=1S/C10H14N6/c1-10(3-2-4-10)7-12-8-5-11-6-9-13-14-15-16(8)9/h5-6,12H,2-4,7H2,1H3. The van der Waals surface area contributed by atoms with Gasteiger partial charge in [0.2, 0.25) is 0 Å². The Hall–Kier alpha value is -1.72. The summed E-state index contributed by atoms with van der Waals surface area (Å²) in [6, 6.07) is 0. The average molecular weight is 218 g/mol. The molecule has 84 valence electrons. The summed E-state index contributed by atoms with van der Waals surface area (Å²) < 4.78 is 1.68. The minimum atomic E-state index is 0.427. The molecule has 1 N–H and O–H groups in total. The molecular formula is C10H14N6. The Morgan fingerprint density at radius 3 is 3.06 bits per heavy atom. The summed E-state index contributed by atoms with van der Waals surface area (Å²) in [4.78, 5) is 4.10. The molecule has 3 rings (SSSR count). The number of tetrazole rings is 1. The third kappa shape index (κ3) is 1.50. The summed E-state index contributed by atoms with van der Waals surface area (Å²) in [5.74, 6) is 0.857. The SMILES string of the molecule is CC1(CNc2cncc3nnnn23)CCC1. The first-order chi connectivity index (χ1) is 7.77. The lowest BCUT2D eigenvalue weighted by molar-refractivity contribution is 0.179. The van der Waals surface area contributed by atoms with Crippen LogP contribution in [0, 0.1) is 5.41 Å². The molecule has 0 radical (unpaired) electrons. The first kappa shape index (κ1) is 9.50. The van der Waals surface area contributed by atoms with Crippen LogP contribution in [0.1, 0.15) is 26.2 Å². The summed E-state index contributed by atoms with van der Waals surface area (Å²) in [6.45, 7) is 3.25. The van der Waals surface area contributed by atoms with E-state index >= 15 is 0 Å². The first-order valence-electron chi connectivity index (χ1n) is 5.53. The molecule has 1 aliphatic carbocycles. The number of anilines is 1. The molecule has 6 heteroatoms. The summed E-state index contributed by atoms with van der Waals surface area (Å²) in [5.41, 5.74) is 1.10. The Balaban J connectivity index is 1.81. The second-order valence-corrected chi connectivity index (χ2v) is 4.76. The van der Waals surface area contributed by atoms with E-state index in [1.807, 2.05) is 0 Å². The maximum absolute atomic E-state index is 4.10. The highest BCUT2D eigenvalue weighted by atomic mass is 15.5. The van der Waals surface area contributed by atoms with E-state index in [0.717, 1.165) is 12.4 Å². The van der Waals surface area contributed by atoms with Crippen LogP contribution in [-0.2, 0) is 0 Å². The quantitative estimate of drug-likeness (QED) is 0.836. The molecule has 0 atom stereocenters. The third-order valence-corrected chi connectivity index (χ3v) is 3.37. The van der Waals surface area contributed by atoms with Crippen LogP contribution in [0.25, 0.3) is 5.65 Å². The number of fused-ring (bicyclic) bond motifs is 1. The molecule has 0 aliphatic heterocycles. The summed E-state index contributed by atoms with van der Waals surface area (Å²) >= 11 is 0. The normalized spacial score (nSPS) is 18.3. The second-order valence-electron chi connectivity index (χ2n) is 4.76. The minimum absolute atomic E-state index is 0.427. The Morgan fingerprint density at radius 1 is 1.44 bits per heavy atom. The van der Waals surface area contributed by atoms with Gasteiger partial charge in [-0.1, -0.05) is 13.3 Å². The molecule has 0 bridgehead atoms. The molecule has 6 nitrogen and oxygen atoms in total. The van der Waals surface area contributed by atoms with Crippen molar-refractivity contribution in [3.8, 4) is 0 Å². The molecule has 2 heterocycles. The van der Waals surface area contributed by atoms with Gasteiger partial charge in [0.25, 0.3) is 0 Å². The van der Waals surface area contributed by atoms with E-state index in [1.165, 1.54) is 19.3 Å². The maximum atomic E-state index is 4.10. The lowest BCUT2D eigenvalue weighted by Crippen LogP contribution is -2.33. The molecule has 0 saturated heterocycles. The lowest BCUT2D eigenvalue weighted by Gasteiger charge is -2.38. The molecular weight excluding hydrogens is 204 g/mol. The summed E-state index contributed by atoms with van der Waals surface area (Å²) in [6.07, 6.45) is 7.32.